The largest absolute Gasteiger partial charge is 0.497 e. The summed E-state index contributed by atoms with van der Waals surface area (Å²) in [5, 5.41) is 0.931. The number of hydrogen-bond acceptors (Lipinski definition) is 4. The molecule has 0 saturated heterocycles. The summed E-state index contributed by atoms with van der Waals surface area (Å²) in [5.41, 5.74) is 4.14. The van der Waals surface area contributed by atoms with Gasteiger partial charge in [0.25, 0.3) is 0 Å². The number of fused-ring (bicyclic) bond motifs is 1. The predicted octanol–water partition coefficient (Wildman–Crippen LogP) is 4.01. The molecular weight excluding hydrogens is 290 g/mol. The molecule has 1 heterocycles. The molecule has 0 aliphatic carbocycles. The number of methoxy groups -OCH3 is 2. The average Bonchev–Trinajstić information content (AvgIpc) is 2.60. The first-order valence-electron chi connectivity index (χ1n) is 7.26. The maximum Gasteiger partial charge on any atom is 0.356 e. The molecule has 0 fully saturated rings. The number of rotatable bonds is 3. The van der Waals surface area contributed by atoms with Crippen molar-refractivity contribution in [3.8, 4) is 16.9 Å². The van der Waals surface area contributed by atoms with E-state index < -0.39 is 5.97 Å². The highest BCUT2D eigenvalue weighted by Crippen LogP contribution is 2.31. The number of carbonyl (C=O) groups is 1. The molecule has 4 heteroatoms. The van der Waals surface area contributed by atoms with Crippen LogP contribution in [0.25, 0.3) is 22.0 Å². The number of aryl methyl sites for hydroxylation is 1. The molecule has 0 bridgehead atoms. The Morgan fingerprint density at radius 2 is 1.74 bits per heavy atom. The quantitative estimate of drug-likeness (QED) is 0.686. The Morgan fingerprint density at radius 1 is 1.00 bits per heavy atom. The van der Waals surface area contributed by atoms with Gasteiger partial charge in [-0.05, 0) is 42.3 Å². The van der Waals surface area contributed by atoms with E-state index in [0.29, 0.717) is 5.69 Å². The summed E-state index contributed by atoms with van der Waals surface area (Å²) >= 11 is 0. The van der Waals surface area contributed by atoms with Gasteiger partial charge in [-0.2, -0.15) is 0 Å². The number of ether oxygens (including phenoxy) is 2. The van der Waals surface area contributed by atoms with E-state index in [-0.39, 0.29) is 0 Å². The lowest BCUT2D eigenvalue weighted by Crippen LogP contribution is -2.05. The van der Waals surface area contributed by atoms with Gasteiger partial charge in [-0.25, -0.2) is 9.78 Å². The molecule has 0 spiro atoms. The van der Waals surface area contributed by atoms with E-state index in [1.807, 2.05) is 49.4 Å². The van der Waals surface area contributed by atoms with Crippen molar-refractivity contribution in [2.45, 2.75) is 6.92 Å². The summed E-state index contributed by atoms with van der Waals surface area (Å²) < 4.78 is 10.1. The highest BCUT2D eigenvalue weighted by Gasteiger charge is 2.14. The van der Waals surface area contributed by atoms with Gasteiger partial charge in [-0.15, -0.1) is 0 Å². The van der Waals surface area contributed by atoms with Crippen molar-refractivity contribution in [3.63, 3.8) is 0 Å². The zero-order chi connectivity index (χ0) is 16.4. The topological polar surface area (TPSA) is 48.4 Å². The van der Waals surface area contributed by atoms with E-state index in [9.17, 15) is 4.79 Å². The number of nitrogens with zero attached hydrogens (tertiary/aromatic N) is 1. The van der Waals surface area contributed by atoms with Crippen molar-refractivity contribution in [3.05, 3.63) is 59.8 Å². The van der Waals surface area contributed by atoms with E-state index in [4.69, 9.17) is 9.47 Å². The van der Waals surface area contributed by atoms with E-state index in [2.05, 4.69) is 4.98 Å². The normalized spacial score (nSPS) is 10.6. The van der Waals surface area contributed by atoms with Crippen LogP contribution in [0.1, 0.15) is 16.1 Å². The molecule has 0 unspecified atom stereocenters. The fourth-order valence-corrected chi connectivity index (χ4v) is 2.51. The highest BCUT2D eigenvalue weighted by atomic mass is 16.5. The maximum atomic E-state index is 11.9. The Morgan fingerprint density at radius 3 is 2.39 bits per heavy atom. The van der Waals surface area contributed by atoms with Crippen molar-refractivity contribution in [1.29, 1.82) is 0 Å². The van der Waals surface area contributed by atoms with Crippen LogP contribution in [0.2, 0.25) is 0 Å². The molecule has 1 aromatic heterocycles. The van der Waals surface area contributed by atoms with Crippen LogP contribution in [0.3, 0.4) is 0 Å². The summed E-state index contributed by atoms with van der Waals surface area (Å²) in [6.45, 7) is 2.04. The molecule has 0 aliphatic heterocycles. The lowest BCUT2D eigenvalue weighted by molar-refractivity contribution is 0.0594. The van der Waals surface area contributed by atoms with Crippen LogP contribution >= 0.6 is 0 Å². The third kappa shape index (κ3) is 2.88. The van der Waals surface area contributed by atoms with Crippen molar-refractivity contribution in [2.75, 3.05) is 14.2 Å². The van der Waals surface area contributed by atoms with Gasteiger partial charge in [0.05, 0.1) is 19.7 Å². The SMILES string of the molecule is COC(=O)c1cc(-c2ccc(C)cc2)c2cc(OC)ccc2n1. The van der Waals surface area contributed by atoms with Gasteiger partial charge in [0, 0.05) is 5.39 Å². The summed E-state index contributed by atoms with van der Waals surface area (Å²) in [7, 11) is 2.98. The molecule has 0 atom stereocenters. The first-order chi connectivity index (χ1) is 11.1. The van der Waals surface area contributed by atoms with E-state index in [1.54, 1.807) is 13.2 Å². The second-order valence-corrected chi connectivity index (χ2v) is 5.30. The van der Waals surface area contributed by atoms with Gasteiger partial charge in [0.1, 0.15) is 11.4 Å². The Balaban J connectivity index is 2.30. The molecule has 0 radical (unpaired) electrons. The number of benzene rings is 2. The van der Waals surface area contributed by atoms with Crippen LogP contribution < -0.4 is 4.74 Å². The summed E-state index contributed by atoms with van der Waals surface area (Å²) in [6, 6.07) is 15.5. The smallest absolute Gasteiger partial charge is 0.356 e. The molecule has 0 aliphatic rings. The van der Waals surface area contributed by atoms with Gasteiger partial charge in [-0.1, -0.05) is 29.8 Å². The molecule has 3 aromatic rings. The van der Waals surface area contributed by atoms with E-state index >= 15 is 0 Å². The minimum absolute atomic E-state index is 0.292. The van der Waals surface area contributed by atoms with Crippen LogP contribution in [-0.2, 0) is 4.74 Å². The van der Waals surface area contributed by atoms with Crippen LogP contribution in [0, 0.1) is 6.92 Å². The fourth-order valence-electron chi connectivity index (χ4n) is 2.51. The van der Waals surface area contributed by atoms with Gasteiger partial charge in [0.15, 0.2) is 0 Å². The molecule has 23 heavy (non-hydrogen) atoms. The van der Waals surface area contributed by atoms with Crippen LogP contribution in [0.15, 0.2) is 48.5 Å². The predicted molar refractivity (Wildman–Crippen MR) is 89.8 cm³/mol. The number of hydrogen-bond donors (Lipinski definition) is 0. The van der Waals surface area contributed by atoms with Crippen molar-refractivity contribution in [2.24, 2.45) is 0 Å². The highest BCUT2D eigenvalue weighted by molar-refractivity contribution is 6.00. The first-order valence-corrected chi connectivity index (χ1v) is 7.26. The third-order valence-corrected chi connectivity index (χ3v) is 3.77. The Labute approximate surface area is 134 Å². The van der Waals surface area contributed by atoms with Crippen molar-refractivity contribution >= 4 is 16.9 Å². The van der Waals surface area contributed by atoms with Crippen LogP contribution in [0.5, 0.6) is 5.75 Å². The molecule has 4 nitrogen and oxygen atoms in total. The second kappa shape index (κ2) is 6.08. The van der Waals surface area contributed by atoms with Gasteiger partial charge in [-0.3, -0.25) is 0 Å². The molecular formula is C19H17NO3. The molecule has 0 amide bonds. The lowest BCUT2D eigenvalue weighted by atomic mass is 9.99. The summed E-state index contributed by atoms with van der Waals surface area (Å²) in [5.74, 6) is 0.301. The lowest BCUT2D eigenvalue weighted by Gasteiger charge is -2.11. The maximum absolute atomic E-state index is 11.9. The molecule has 0 N–H and O–H groups in total. The average molecular weight is 307 g/mol. The molecule has 0 saturated carbocycles. The first kappa shape index (κ1) is 15.0. The van der Waals surface area contributed by atoms with Crippen LogP contribution in [0.4, 0.5) is 0 Å². The van der Waals surface area contributed by atoms with Crippen LogP contribution in [-0.4, -0.2) is 25.2 Å². The Hall–Kier alpha value is -2.88. The number of pyridine rings is 1. The summed E-state index contributed by atoms with van der Waals surface area (Å²) in [6.07, 6.45) is 0. The third-order valence-electron chi connectivity index (χ3n) is 3.77. The summed E-state index contributed by atoms with van der Waals surface area (Å²) in [4.78, 5) is 16.3. The zero-order valence-corrected chi connectivity index (χ0v) is 13.3. The number of esters is 1. The Bertz CT molecular complexity index is 870. The van der Waals surface area contributed by atoms with Crippen molar-refractivity contribution in [1.82, 2.24) is 4.98 Å². The van der Waals surface area contributed by atoms with Gasteiger partial charge in [0.2, 0.25) is 0 Å². The molecule has 116 valence electrons. The fraction of sp³-hybridized carbons (Fsp3) is 0.158. The van der Waals surface area contributed by atoms with E-state index in [1.165, 1.54) is 12.7 Å². The minimum Gasteiger partial charge on any atom is -0.497 e. The molecule has 2 aromatic carbocycles. The Kier molecular flexibility index (Phi) is 3.98. The monoisotopic (exact) mass is 307 g/mol. The zero-order valence-electron chi connectivity index (χ0n) is 13.3. The number of carbonyl (C=O) groups excluding carboxylic acids is 1. The van der Waals surface area contributed by atoms with E-state index in [0.717, 1.165) is 27.8 Å². The second-order valence-electron chi connectivity index (χ2n) is 5.30. The molecule has 3 rings (SSSR count). The minimum atomic E-state index is -0.448. The number of aromatic nitrogens is 1. The standard InChI is InChI=1S/C19H17NO3/c1-12-4-6-13(7-5-12)15-11-18(19(21)23-3)20-17-9-8-14(22-2)10-16(15)17/h4-11H,1-3H3. The van der Waals surface area contributed by atoms with Gasteiger partial charge < -0.3 is 9.47 Å². The van der Waals surface area contributed by atoms with Crippen molar-refractivity contribution < 1.29 is 14.3 Å². The van der Waals surface area contributed by atoms with Gasteiger partial charge >= 0.3 is 5.97 Å².